The molecular weight excluding hydrogens is 266 g/mol. The summed E-state index contributed by atoms with van der Waals surface area (Å²) in [5, 5.41) is 13.8. The number of nitrogens with one attached hydrogen (secondary N) is 2. The molecule has 0 aliphatic carbocycles. The number of rotatable bonds is 5. The third-order valence-electron chi connectivity index (χ3n) is 2.95. The summed E-state index contributed by atoms with van der Waals surface area (Å²) in [4.78, 5) is 36.0. The van der Waals surface area contributed by atoms with Gasteiger partial charge in [-0.1, -0.05) is 6.92 Å². The Balaban J connectivity index is 2.65. The second-order valence-electron chi connectivity index (χ2n) is 4.58. The first kappa shape index (κ1) is 16.2. The van der Waals surface area contributed by atoms with Crippen LogP contribution in [0.4, 0.5) is 4.79 Å². The van der Waals surface area contributed by atoms with Crippen LogP contribution in [0.15, 0.2) is 0 Å². The van der Waals surface area contributed by atoms with E-state index >= 15 is 0 Å². The Hall–Kier alpha value is -1.83. The maximum absolute atomic E-state index is 12.0. The van der Waals surface area contributed by atoms with Crippen molar-refractivity contribution in [1.29, 1.82) is 0 Å². The van der Waals surface area contributed by atoms with Gasteiger partial charge in [0.2, 0.25) is 5.91 Å². The van der Waals surface area contributed by atoms with Crippen molar-refractivity contribution in [2.24, 2.45) is 0 Å². The first-order valence-corrected chi connectivity index (χ1v) is 6.62. The van der Waals surface area contributed by atoms with Crippen molar-refractivity contribution in [1.82, 2.24) is 15.5 Å². The average Bonchev–Trinajstić information content (AvgIpc) is 2.44. The number of carboxylic acid groups (broad SMARTS) is 1. The molecule has 1 heterocycles. The molecule has 1 saturated heterocycles. The van der Waals surface area contributed by atoms with E-state index < -0.39 is 24.1 Å². The van der Waals surface area contributed by atoms with Crippen LogP contribution >= 0.6 is 0 Å². The van der Waals surface area contributed by atoms with E-state index in [4.69, 9.17) is 9.84 Å². The molecule has 1 fully saturated rings. The first-order valence-electron chi connectivity index (χ1n) is 6.62. The van der Waals surface area contributed by atoms with E-state index in [-0.39, 0.29) is 19.1 Å². The normalized spacial score (nSPS) is 20.1. The zero-order valence-electron chi connectivity index (χ0n) is 11.7. The molecular formula is C12H21N3O5. The van der Waals surface area contributed by atoms with Gasteiger partial charge in [0.15, 0.2) is 0 Å². The Kier molecular flexibility index (Phi) is 6.23. The summed E-state index contributed by atoms with van der Waals surface area (Å²) in [6.45, 7) is 4.51. The first-order chi connectivity index (χ1) is 9.47. The number of nitrogens with zero attached hydrogens (tertiary/aromatic N) is 1. The van der Waals surface area contributed by atoms with Crippen molar-refractivity contribution in [2.45, 2.75) is 32.4 Å². The van der Waals surface area contributed by atoms with Gasteiger partial charge in [0.1, 0.15) is 12.1 Å². The minimum absolute atomic E-state index is 0.115. The molecule has 0 radical (unpaired) electrons. The summed E-state index contributed by atoms with van der Waals surface area (Å²) in [5.41, 5.74) is 0. The van der Waals surface area contributed by atoms with Crippen LogP contribution in [0.5, 0.6) is 0 Å². The number of ether oxygens (including phenoxy) is 1. The molecule has 1 rings (SSSR count). The summed E-state index contributed by atoms with van der Waals surface area (Å²) in [6.07, 6.45) is 0.793. The second-order valence-corrected chi connectivity index (χ2v) is 4.58. The van der Waals surface area contributed by atoms with Crippen LogP contribution in [0.1, 0.15) is 20.3 Å². The highest BCUT2D eigenvalue weighted by Crippen LogP contribution is 2.08. The zero-order chi connectivity index (χ0) is 15.1. The molecule has 0 spiro atoms. The molecule has 0 bridgehead atoms. The van der Waals surface area contributed by atoms with Crippen LogP contribution in [-0.2, 0) is 14.3 Å². The lowest BCUT2D eigenvalue weighted by Crippen LogP contribution is -2.59. The van der Waals surface area contributed by atoms with Crippen molar-refractivity contribution in [3.8, 4) is 0 Å². The Bertz CT molecular complexity index is 374. The van der Waals surface area contributed by atoms with Crippen LogP contribution < -0.4 is 10.6 Å². The van der Waals surface area contributed by atoms with E-state index in [0.717, 1.165) is 6.42 Å². The molecule has 114 valence electrons. The predicted molar refractivity (Wildman–Crippen MR) is 70.2 cm³/mol. The topological polar surface area (TPSA) is 108 Å². The van der Waals surface area contributed by atoms with Gasteiger partial charge in [0.25, 0.3) is 0 Å². The summed E-state index contributed by atoms with van der Waals surface area (Å²) in [7, 11) is 0. The molecule has 0 aromatic heterocycles. The Morgan fingerprint density at radius 1 is 1.45 bits per heavy atom. The molecule has 20 heavy (non-hydrogen) atoms. The Morgan fingerprint density at radius 2 is 2.15 bits per heavy atom. The molecule has 8 heteroatoms. The molecule has 0 aromatic carbocycles. The van der Waals surface area contributed by atoms with Gasteiger partial charge in [-0.15, -0.1) is 0 Å². The molecule has 0 saturated carbocycles. The van der Waals surface area contributed by atoms with Crippen LogP contribution in [0.25, 0.3) is 0 Å². The second kappa shape index (κ2) is 7.68. The van der Waals surface area contributed by atoms with E-state index in [1.807, 2.05) is 6.92 Å². The van der Waals surface area contributed by atoms with Gasteiger partial charge in [-0.3, -0.25) is 9.59 Å². The number of carboxylic acids is 1. The molecule has 1 aliphatic heterocycles. The smallest absolute Gasteiger partial charge is 0.325 e. The largest absolute Gasteiger partial charge is 0.480 e. The molecule has 2 atom stereocenters. The summed E-state index contributed by atoms with van der Waals surface area (Å²) >= 11 is 0. The van der Waals surface area contributed by atoms with E-state index in [0.29, 0.717) is 13.2 Å². The fraction of sp³-hybridized carbons (Fsp3) is 0.750. The van der Waals surface area contributed by atoms with Crippen LogP contribution in [0.2, 0.25) is 0 Å². The maximum Gasteiger partial charge on any atom is 0.325 e. The molecule has 1 unspecified atom stereocenters. The highest BCUT2D eigenvalue weighted by atomic mass is 16.5. The van der Waals surface area contributed by atoms with E-state index in [1.54, 1.807) is 0 Å². The maximum atomic E-state index is 12.0. The number of urea groups is 1. The SMILES string of the molecule is CCCNC(=O)C1COCCN1C(=O)N[C@@H](C)C(=O)O. The van der Waals surface area contributed by atoms with E-state index in [2.05, 4.69) is 10.6 Å². The van der Waals surface area contributed by atoms with Crippen LogP contribution in [-0.4, -0.2) is 66.3 Å². The van der Waals surface area contributed by atoms with Crippen molar-refractivity contribution in [3.63, 3.8) is 0 Å². The average molecular weight is 287 g/mol. The van der Waals surface area contributed by atoms with Crippen molar-refractivity contribution >= 4 is 17.9 Å². The van der Waals surface area contributed by atoms with Crippen molar-refractivity contribution in [3.05, 3.63) is 0 Å². The van der Waals surface area contributed by atoms with Gasteiger partial charge in [-0.05, 0) is 13.3 Å². The van der Waals surface area contributed by atoms with Crippen molar-refractivity contribution < 1.29 is 24.2 Å². The van der Waals surface area contributed by atoms with Crippen LogP contribution in [0, 0.1) is 0 Å². The van der Waals surface area contributed by atoms with E-state index in [1.165, 1.54) is 11.8 Å². The third-order valence-corrected chi connectivity index (χ3v) is 2.95. The number of morpholine rings is 1. The number of hydrogen-bond donors (Lipinski definition) is 3. The lowest BCUT2D eigenvalue weighted by molar-refractivity contribution is -0.138. The summed E-state index contributed by atoms with van der Waals surface area (Å²) in [5.74, 6) is -1.41. The number of hydrogen-bond acceptors (Lipinski definition) is 4. The molecule has 3 N–H and O–H groups in total. The van der Waals surface area contributed by atoms with Crippen molar-refractivity contribution in [2.75, 3.05) is 26.3 Å². The zero-order valence-corrected chi connectivity index (χ0v) is 11.7. The fourth-order valence-corrected chi connectivity index (χ4v) is 1.76. The molecule has 0 aromatic rings. The molecule has 8 nitrogen and oxygen atoms in total. The van der Waals surface area contributed by atoms with Gasteiger partial charge < -0.3 is 25.4 Å². The number of amides is 3. The monoisotopic (exact) mass is 287 g/mol. The standard InChI is InChI=1S/C12H21N3O5/c1-3-4-13-10(16)9-7-20-6-5-15(9)12(19)14-8(2)11(17)18/h8-9H,3-7H2,1-2H3,(H,13,16)(H,14,19)(H,17,18)/t8-,9?/m0/s1. The summed E-state index contributed by atoms with van der Waals surface area (Å²) in [6, 6.07) is -2.30. The van der Waals surface area contributed by atoms with Gasteiger partial charge >= 0.3 is 12.0 Å². The van der Waals surface area contributed by atoms with Gasteiger partial charge in [-0.2, -0.15) is 0 Å². The van der Waals surface area contributed by atoms with Gasteiger partial charge in [-0.25, -0.2) is 4.79 Å². The minimum atomic E-state index is -1.13. The van der Waals surface area contributed by atoms with E-state index in [9.17, 15) is 14.4 Å². The third kappa shape index (κ3) is 4.37. The van der Waals surface area contributed by atoms with Crippen LogP contribution in [0.3, 0.4) is 0 Å². The highest BCUT2D eigenvalue weighted by molar-refractivity contribution is 5.89. The quantitative estimate of drug-likeness (QED) is 0.625. The highest BCUT2D eigenvalue weighted by Gasteiger charge is 2.33. The number of carbonyl (C=O) groups excluding carboxylic acids is 2. The predicted octanol–water partition coefficient (Wildman–Crippen LogP) is -0.604. The minimum Gasteiger partial charge on any atom is -0.480 e. The lowest BCUT2D eigenvalue weighted by Gasteiger charge is -2.34. The Labute approximate surface area is 117 Å². The lowest BCUT2D eigenvalue weighted by atomic mass is 10.2. The summed E-state index contributed by atoms with van der Waals surface area (Å²) < 4.78 is 5.22. The van der Waals surface area contributed by atoms with Gasteiger partial charge in [0, 0.05) is 13.1 Å². The fourth-order valence-electron chi connectivity index (χ4n) is 1.76. The Morgan fingerprint density at radius 3 is 2.75 bits per heavy atom. The van der Waals surface area contributed by atoms with Gasteiger partial charge in [0.05, 0.1) is 13.2 Å². The number of aliphatic carboxylic acids is 1. The molecule has 3 amide bonds. The number of carbonyl (C=O) groups is 3. The molecule has 1 aliphatic rings.